The van der Waals surface area contributed by atoms with E-state index in [1.165, 1.54) is 4.88 Å². The lowest BCUT2D eigenvalue weighted by Gasteiger charge is -2.21. The van der Waals surface area contributed by atoms with Crippen LogP contribution in [0.1, 0.15) is 40.9 Å². The monoisotopic (exact) mass is 253 g/mol. The Morgan fingerprint density at radius 3 is 2.47 bits per heavy atom. The van der Waals surface area contributed by atoms with Crippen molar-refractivity contribution in [2.24, 2.45) is 5.92 Å². The van der Waals surface area contributed by atoms with Crippen molar-refractivity contribution < 1.29 is 4.79 Å². The first-order valence-corrected chi connectivity index (χ1v) is 7.08. The van der Waals surface area contributed by atoms with Crippen LogP contribution in [-0.2, 0) is 0 Å². The summed E-state index contributed by atoms with van der Waals surface area (Å²) in [7, 11) is 0. The summed E-state index contributed by atoms with van der Waals surface area (Å²) in [6, 6.07) is 2.02. The third-order valence-corrected chi connectivity index (χ3v) is 3.75. The molecule has 96 valence electrons. The lowest BCUT2D eigenvalue weighted by Crippen LogP contribution is -2.32. The van der Waals surface area contributed by atoms with E-state index in [1.54, 1.807) is 11.3 Å². The number of hydrogen-bond acceptors (Lipinski definition) is 3. The van der Waals surface area contributed by atoms with Gasteiger partial charge in [0.2, 0.25) is 0 Å². The summed E-state index contributed by atoms with van der Waals surface area (Å²) in [6.45, 7) is 13.0. The van der Waals surface area contributed by atoms with Crippen LogP contribution in [0.15, 0.2) is 6.07 Å². The number of nitrogens with zero attached hydrogens (tertiary/aromatic N) is 1. The van der Waals surface area contributed by atoms with Crippen LogP contribution in [0.4, 0.5) is 0 Å². The molecule has 1 rings (SSSR count). The number of carbonyl (C=O) groups excluding carboxylic acids is 1. The van der Waals surface area contributed by atoms with Crippen LogP contribution in [0, 0.1) is 19.8 Å². The molecule has 1 heterocycles. The molecule has 1 aromatic rings. The number of thiophene rings is 1. The van der Waals surface area contributed by atoms with Crippen molar-refractivity contribution in [2.45, 2.75) is 34.6 Å². The Bertz CT molecular complexity index is 382. The molecule has 0 atom stereocenters. The fraction of sp³-hybridized carbons (Fsp3) is 0.643. The predicted octanol–water partition coefficient (Wildman–Crippen LogP) is 3.53. The minimum absolute atomic E-state index is 0.259. The van der Waals surface area contributed by atoms with Gasteiger partial charge < -0.3 is 0 Å². The summed E-state index contributed by atoms with van der Waals surface area (Å²) in [5, 5.41) is 0. The molecule has 1 aromatic heterocycles. The first-order chi connectivity index (χ1) is 7.93. The first kappa shape index (κ1) is 14.4. The van der Waals surface area contributed by atoms with Crippen LogP contribution in [0.2, 0.25) is 0 Å². The van der Waals surface area contributed by atoms with E-state index in [9.17, 15) is 4.79 Å². The Balaban J connectivity index is 2.67. The topological polar surface area (TPSA) is 20.3 Å². The van der Waals surface area contributed by atoms with E-state index in [0.717, 1.165) is 23.5 Å². The van der Waals surface area contributed by atoms with E-state index >= 15 is 0 Å². The van der Waals surface area contributed by atoms with Gasteiger partial charge in [0.15, 0.2) is 5.78 Å². The van der Waals surface area contributed by atoms with Gasteiger partial charge in [0, 0.05) is 21.9 Å². The Morgan fingerprint density at radius 1 is 1.41 bits per heavy atom. The standard InChI is InChI=1S/C14H23NOS/c1-6-15(8-10(2)3)9-14(16)13-7-11(4)17-12(13)5/h7,10H,6,8-9H2,1-5H3. The zero-order chi connectivity index (χ0) is 13.0. The Kier molecular flexibility index (Phi) is 5.34. The lowest BCUT2D eigenvalue weighted by molar-refractivity contribution is 0.0926. The van der Waals surface area contributed by atoms with Gasteiger partial charge in [0.05, 0.1) is 6.54 Å². The summed E-state index contributed by atoms with van der Waals surface area (Å²) in [6.07, 6.45) is 0. The second-order valence-corrected chi connectivity index (χ2v) is 6.43. The fourth-order valence-electron chi connectivity index (χ4n) is 2.02. The molecule has 17 heavy (non-hydrogen) atoms. The molecule has 0 amide bonds. The summed E-state index contributed by atoms with van der Waals surface area (Å²) in [5.74, 6) is 0.863. The van der Waals surface area contributed by atoms with Crippen LogP contribution in [0.25, 0.3) is 0 Å². The zero-order valence-electron chi connectivity index (χ0n) is 11.5. The fourth-order valence-corrected chi connectivity index (χ4v) is 2.96. The number of hydrogen-bond donors (Lipinski definition) is 0. The summed E-state index contributed by atoms with van der Waals surface area (Å²) < 4.78 is 0. The average molecular weight is 253 g/mol. The van der Waals surface area contributed by atoms with E-state index in [0.29, 0.717) is 12.5 Å². The molecule has 0 unspecified atom stereocenters. The second-order valence-electron chi connectivity index (χ2n) is 4.97. The van der Waals surface area contributed by atoms with Crippen LogP contribution in [0.3, 0.4) is 0 Å². The molecule has 0 aliphatic rings. The second kappa shape index (κ2) is 6.31. The molecule has 2 nitrogen and oxygen atoms in total. The molecule has 3 heteroatoms. The van der Waals surface area contributed by atoms with Crippen LogP contribution in [-0.4, -0.2) is 30.3 Å². The highest BCUT2D eigenvalue weighted by Crippen LogP contribution is 2.21. The summed E-state index contributed by atoms with van der Waals surface area (Å²) >= 11 is 1.71. The van der Waals surface area contributed by atoms with Gasteiger partial charge >= 0.3 is 0 Å². The van der Waals surface area contributed by atoms with Gasteiger partial charge in [-0.2, -0.15) is 0 Å². The maximum Gasteiger partial charge on any atom is 0.177 e. The van der Waals surface area contributed by atoms with Crippen molar-refractivity contribution in [3.63, 3.8) is 0 Å². The van der Waals surface area contributed by atoms with E-state index < -0.39 is 0 Å². The van der Waals surface area contributed by atoms with E-state index in [-0.39, 0.29) is 5.78 Å². The van der Waals surface area contributed by atoms with E-state index in [1.807, 2.05) is 13.0 Å². The van der Waals surface area contributed by atoms with Crippen LogP contribution >= 0.6 is 11.3 Å². The molecule has 0 N–H and O–H groups in total. The van der Waals surface area contributed by atoms with Gasteiger partial charge in [-0.1, -0.05) is 20.8 Å². The van der Waals surface area contributed by atoms with Crippen molar-refractivity contribution in [3.8, 4) is 0 Å². The molecule has 0 bridgehead atoms. The Hall–Kier alpha value is -0.670. The molecule has 0 fully saturated rings. The predicted molar refractivity (Wildman–Crippen MR) is 75.1 cm³/mol. The number of rotatable bonds is 6. The quantitative estimate of drug-likeness (QED) is 0.723. The van der Waals surface area contributed by atoms with Crippen molar-refractivity contribution in [3.05, 3.63) is 21.4 Å². The minimum Gasteiger partial charge on any atom is -0.296 e. The highest BCUT2D eigenvalue weighted by molar-refractivity contribution is 7.12. The zero-order valence-corrected chi connectivity index (χ0v) is 12.4. The van der Waals surface area contributed by atoms with Crippen molar-refractivity contribution in [1.82, 2.24) is 4.90 Å². The van der Waals surface area contributed by atoms with Crippen molar-refractivity contribution >= 4 is 17.1 Å². The molecule has 0 saturated heterocycles. The maximum absolute atomic E-state index is 12.2. The smallest absolute Gasteiger partial charge is 0.177 e. The van der Waals surface area contributed by atoms with Gasteiger partial charge in [-0.05, 0) is 32.4 Å². The van der Waals surface area contributed by atoms with Crippen molar-refractivity contribution in [1.29, 1.82) is 0 Å². The molecule has 0 aromatic carbocycles. The van der Waals surface area contributed by atoms with Gasteiger partial charge in [-0.15, -0.1) is 11.3 Å². The van der Waals surface area contributed by atoms with E-state index in [4.69, 9.17) is 0 Å². The SMILES string of the molecule is CCN(CC(=O)c1cc(C)sc1C)CC(C)C. The summed E-state index contributed by atoms with van der Waals surface area (Å²) in [5.41, 5.74) is 0.912. The largest absolute Gasteiger partial charge is 0.296 e. The first-order valence-electron chi connectivity index (χ1n) is 6.26. The number of Topliss-reactive ketones (excluding diaryl/α,β-unsaturated/α-hetero) is 1. The highest BCUT2D eigenvalue weighted by atomic mass is 32.1. The number of carbonyl (C=O) groups is 1. The van der Waals surface area contributed by atoms with Gasteiger partial charge in [0.25, 0.3) is 0 Å². The average Bonchev–Trinajstić information content (AvgIpc) is 2.56. The molecule has 0 spiro atoms. The van der Waals surface area contributed by atoms with Gasteiger partial charge in [-0.25, -0.2) is 0 Å². The van der Waals surface area contributed by atoms with Crippen LogP contribution < -0.4 is 0 Å². The van der Waals surface area contributed by atoms with E-state index in [2.05, 4.69) is 32.6 Å². The minimum atomic E-state index is 0.259. The third-order valence-electron chi connectivity index (χ3n) is 2.78. The molecular formula is C14H23NOS. The van der Waals surface area contributed by atoms with Gasteiger partial charge in [0.1, 0.15) is 0 Å². The maximum atomic E-state index is 12.2. The summed E-state index contributed by atoms with van der Waals surface area (Å²) in [4.78, 5) is 16.8. The third kappa shape index (κ3) is 4.25. The molecule has 0 aliphatic heterocycles. The van der Waals surface area contributed by atoms with Crippen LogP contribution in [0.5, 0.6) is 0 Å². The number of aryl methyl sites for hydroxylation is 2. The van der Waals surface area contributed by atoms with Gasteiger partial charge in [-0.3, -0.25) is 9.69 Å². The number of ketones is 1. The Morgan fingerprint density at radius 2 is 2.06 bits per heavy atom. The lowest BCUT2D eigenvalue weighted by atomic mass is 10.1. The van der Waals surface area contributed by atoms with Crippen molar-refractivity contribution in [2.75, 3.05) is 19.6 Å². The molecule has 0 radical (unpaired) electrons. The molecule has 0 saturated carbocycles. The normalized spacial score (nSPS) is 11.5. The number of likely N-dealkylation sites (N-methyl/N-ethyl adjacent to an activating group) is 1. The molecule has 0 aliphatic carbocycles. The molecular weight excluding hydrogens is 230 g/mol. The highest BCUT2D eigenvalue weighted by Gasteiger charge is 2.15. The Labute approximate surface area is 109 Å².